The maximum Gasteiger partial charge on any atom is 0.242 e. The molecule has 0 bridgehead atoms. The number of amides is 1. The molecule has 0 saturated carbocycles. The van der Waals surface area contributed by atoms with Crippen molar-refractivity contribution in [3.8, 4) is 0 Å². The second kappa shape index (κ2) is 14.4. The zero-order chi connectivity index (χ0) is 30.9. The second-order valence-corrected chi connectivity index (χ2v) is 12.7. The van der Waals surface area contributed by atoms with Crippen molar-refractivity contribution in [2.24, 2.45) is 0 Å². The molecule has 44 heavy (non-hydrogen) atoms. The van der Waals surface area contributed by atoms with Gasteiger partial charge in [-0.05, 0) is 60.4 Å². The summed E-state index contributed by atoms with van der Waals surface area (Å²) in [4.78, 5) is 27.1. The molecule has 4 aromatic rings. The summed E-state index contributed by atoms with van der Waals surface area (Å²) in [6, 6.07) is 28.1. The second-order valence-electron chi connectivity index (χ2n) is 10.9. The van der Waals surface area contributed by atoms with Gasteiger partial charge in [0, 0.05) is 35.8 Å². The number of anilines is 1. The summed E-state index contributed by atoms with van der Waals surface area (Å²) >= 11 is 0. The van der Waals surface area contributed by atoms with Crippen LogP contribution in [-0.2, 0) is 25.8 Å². The molecule has 9 heteroatoms. The van der Waals surface area contributed by atoms with E-state index in [0.717, 1.165) is 16.3 Å². The van der Waals surface area contributed by atoms with Gasteiger partial charge >= 0.3 is 0 Å². The number of sulfone groups is 1. The van der Waals surface area contributed by atoms with E-state index in [4.69, 9.17) is 4.74 Å². The number of ketones is 1. The lowest BCUT2D eigenvalue weighted by Gasteiger charge is -2.24. The molecule has 1 aliphatic rings. The fourth-order valence-corrected chi connectivity index (χ4v) is 6.29. The van der Waals surface area contributed by atoms with Crippen molar-refractivity contribution in [1.29, 1.82) is 0 Å². The molecule has 228 valence electrons. The predicted octanol–water partition coefficient (Wildman–Crippen LogP) is 4.92. The highest BCUT2D eigenvalue weighted by molar-refractivity contribution is 7.94. The van der Waals surface area contributed by atoms with Crippen molar-refractivity contribution in [3.05, 3.63) is 120 Å². The summed E-state index contributed by atoms with van der Waals surface area (Å²) < 4.78 is 31.6. The normalized spacial score (nSPS) is 16.8. The van der Waals surface area contributed by atoms with E-state index in [2.05, 4.69) is 16.0 Å². The van der Waals surface area contributed by atoms with Gasteiger partial charge in [-0.3, -0.25) is 9.59 Å². The average Bonchev–Trinajstić information content (AvgIpc) is 3.06. The zero-order valence-electron chi connectivity index (χ0n) is 24.6. The highest BCUT2D eigenvalue weighted by Gasteiger charge is 2.26. The molecule has 5 rings (SSSR count). The van der Waals surface area contributed by atoms with Crippen molar-refractivity contribution in [2.75, 3.05) is 25.0 Å². The highest BCUT2D eigenvalue weighted by Crippen LogP contribution is 2.26. The van der Waals surface area contributed by atoms with Gasteiger partial charge in [0.15, 0.2) is 15.6 Å². The number of benzene rings is 4. The van der Waals surface area contributed by atoms with E-state index in [1.807, 2.05) is 60.7 Å². The van der Waals surface area contributed by atoms with Crippen LogP contribution < -0.4 is 16.0 Å². The number of aryl methyl sites for hydroxylation is 1. The number of ether oxygens (including phenoxy) is 1. The van der Waals surface area contributed by atoms with E-state index in [9.17, 15) is 18.0 Å². The molecular weight excluding hydrogens is 574 g/mol. The number of nitrogens with one attached hydrogen (secondary N) is 3. The predicted molar refractivity (Wildman–Crippen MR) is 173 cm³/mol. The third kappa shape index (κ3) is 7.99. The fraction of sp³-hybridized carbons (Fsp3) is 0.257. The molecular formula is C35H37N3O5S. The van der Waals surface area contributed by atoms with E-state index >= 15 is 0 Å². The first-order valence-corrected chi connectivity index (χ1v) is 16.3. The van der Waals surface area contributed by atoms with Gasteiger partial charge < -0.3 is 20.7 Å². The van der Waals surface area contributed by atoms with Gasteiger partial charge in [0.05, 0.1) is 11.5 Å². The highest BCUT2D eigenvalue weighted by atomic mass is 32.2. The van der Waals surface area contributed by atoms with Crippen molar-refractivity contribution in [2.45, 2.75) is 42.8 Å². The summed E-state index contributed by atoms with van der Waals surface area (Å²) in [5.41, 5.74) is 2.24. The number of hydrogen-bond acceptors (Lipinski definition) is 7. The van der Waals surface area contributed by atoms with Gasteiger partial charge in [0.25, 0.3) is 0 Å². The summed E-state index contributed by atoms with van der Waals surface area (Å²) in [7, 11) is -3.68. The minimum atomic E-state index is -3.68. The summed E-state index contributed by atoms with van der Waals surface area (Å²) in [6.45, 7) is 3.36. The van der Waals surface area contributed by atoms with Gasteiger partial charge in [0.1, 0.15) is 12.1 Å². The number of hydrogen-bond donors (Lipinski definition) is 3. The average molecular weight is 612 g/mol. The number of morpholine rings is 1. The number of carbonyl (C=O) groups excluding carboxylic acids is 2. The van der Waals surface area contributed by atoms with E-state index in [1.54, 1.807) is 49.4 Å². The summed E-state index contributed by atoms with van der Waals surface area (Å²) in [6.07, 6.45) is 2.12. The minimum absolute atomic E-state index is 0.111. The molecule has 0 aromatic heterocycles. The van der Waals surface area contributed by atoms with Crippen LogP contribution in [0.3, 0.4) is 0 Å². The standard InChI is InChI=1S/C35H37N3O5S/c1-25(37-29-22-27-12-8-9-15-31(27)32(23-29)34(39)33-24-36-19-20-43-33)35(40)38-28(17-16-26-10-4-2-5-11-26)18-21-44(41,42)30-13-6-3-7-14-30/h2-15,18,21-23,25,28,33,36-37H,16-17,19-20,24H2,1H3,(H,38,40)/t25-,28-,33?/m0/s1. The third-order valence-corrected chi connectivity index (χ3v) is 9.04. The van der Waals surface area contributed by atoms with Crippen LogP contribution in [0.5, 0.6) is 0 Å². The number of carbonyl (C=O) groups is 2. The number of Topliss-reactive ketones (excluding diaryl/α,β-unsaturated/α-hetero) is 1. The molecule has 1 fully saturated rings. The molecule has 8 nitrogen and oxygen atoms in total. The Bertz CT molecular complexity index is 1720. The Morgan fingerprint density at radius 2 is 1.68 bits per heavy atom. The fourth-order valence-electron chi connectivity index (χ4n) is 5.20. The minimum Gasteiger partial charge on any atom is -0.374 e. The first-order valence-electron chi connectivity index (χ1n) is 14.8. The van der Waals surface area contributed by atoms with Crippen LogP contribution in [0.15, 0.2) is 113 Å². The van der Waals surface area contributed by atoms with Crippen LogP contribution in [0.1, 0.15) is 29.3 Å². The van der Waals surface area contributed by atoms with Gasteiger partial charge in [-0.25, -0.2) is 8.42 Å². The summed E-state index contributed by atoms with van der Waals surface area (Å²) in [5, 5.41) is 12.3. The Morgan fingerprint density at radius 1 is 0.977 bits per heavy atom. The lowest BCUT2D eigenvalue weighted by Crippen LogP contribution is -2.43. The maximum absolute atomic E-state index is 13.4. The molecule has 1 saturated heterocycles. The summed E-state index contributed by atoms with van der Waals surface area (Å²) in [5.74, 6) is -0.412. The quantitative estimate of drug-likeness (QED) is 0.195. The molecule has 1 aliphatic heterocycles. The van der Waals surface area contributed by atoms with E-state index in [1.165, 1.54) is 5.41 Å². The zero-order valence-corrected chi connectivity index (χ0v) is 25.4. The van der Waals surface area contributed by atoms with Gasteiger partial charge in [-0.15, -0.1) is 0 Å². The molecule has 0 radical (unpaired) electrons. The van der Waals surface area contributed by atoms with Crippen molar-refractivity contribution in [3.63, 3.8) is 0 Å². The number of rotatable bonds is 12. The Labute approximate surface area is 258 Å². The van der Waals surface area contributed by atoms with Gasteiger partial charge in [0.2, 0.25) is 5.91 Å². The monoisotopic (exact) mass is 611 g/mol. The Kier molecular flexibility index (Phi) is 10.2. The molecule has 0 spiro atoms. The van der Waals surface area contributed by atoms with Crippen LogP contribution in [0.25, 0.3) is 10.8 Å². The molecule has 1 heterocycles. The molecule has 3 N–H and O–H groups in total. The number of fused-ring (bicyclic) bond motifs is 1. The molecule has 1 amide bonds. The maximum atomic E-state index is 13.4. The first-order chi connectivity index (χ1) is 21.3. The Morgan fingerprint density at radius 3 is 2.41 bits per heavy atom. The van der Waals surface area contributed by atoms with Gasteiger partial charge in [-0.2, -0.15) is 0 Å². The molecule has 4 aromatic carbocycles. The molecule has 0 aliphatic carbocycles. The smallest absolute Gasteiger partial charge is 0.242 e. The largest absolute Gasteiger partial charge is 0.374 e. The van der Waals surface area contributed by atoms with E-state index < -0.39 is 28.0 Å². The first kappa shape index (κ1) is 31.1. The van der Waals surface area contributed by atoms with Crippen LogP contribution in [0, 0.1) is 0 Å². The Balaban J connectivity index is 1.33. The van der Waals surface area contributed by atoms with Crippen LogP contribution in [0.4, 0.5) is 5.69 Å². The molecule has 3 atom stereocenters. The van der Waals surface area contributed by atoms with Crippen LogP contribution >= 0.6 is 0 Å². The third-order valence-electron chi connectivity index (χ3n) is 7.60. The molecule has 1 unspecified atom stereocenters. The van der Waals surface area contributed by atoms with Crippen molar-refractivity contribution in [1.82, 2.24) is 10.6 Å². The van der Waals surface area contributed by atoms with E-state index in [-0.39, 0.29) is 16.6 Å². The SMILES string of the molecule is C[C@H](Nc1cc(C(=O)C2CNCCO2)c2ccccc2c1)C(=O)N[C@H](C=CS(=O)(=O)c1ccccc1)CCc1ccccc1. The van der Waals surface area contributed by atoms with Crippen LogP contribution in [0.2, 0.25) is 0 Å². The Hall–Kier alpha value is -4.31. The lowest BCUT2D eigenvalue weighted by molar-refractivity contribution is -0.121. The lowest BCUT2D eigenvalue weighted by atomic mass is 9.97. The van der Waals surface area contributed by atoms with Crippen molar-refractivity contribution >= 4 is 38.0 Å². The van der Waals surface area contributed by atoms with Crippen molar-refractivity contribution < 1.29 is 22.7 Å². The van der Waals surface area contributed by atoms with E-state index in [0.29, 0.717) is 43.8 Å². The topological polar surface area (TPSA) is 114 Å². The van der Waals surface area contributed by atoms with Gasteiger partial charge in [-0.1, -0.05) is 78.9 Å². The van der Waals surface area contributed by atoms with Crippen LogP contribution in [-0.4, -0.2) is 58.0 Å².